The Morgan fingerprint density at radius 2 is 1.94 bits per heavy atom. The molecule has 2 saturated heterocycles. The highest BCUT2D eigenvalue weighted by Crippen LogP contribution is 2.36. The van der Waals surface area contributed by atoms with E-state index in [1.165, 1.54) is 0 Å². The number of carbonyl (C=O) groups is 1. The van der Waals surface area contributed by atoms with Crippen molar-refractivity contribution >= 4 is 22.6 Å². The standard InChI is InChI=1S/C22H29N7O3/c1-3-29-20-17(13-24-29)19(25-16-6-10-31-11-7-16)18(12-23-20)22-27-26-21(32-22)15-4-8-28(9-5-15)14(2)30/h12-13,15-16H,3-11H2,1-2H3,(H,23,25). The summed E-state index contributed by atoms with van der Waals surface area (Å²) in [5, 5.41) is 17.9. The molecule has 0 spiro atoms. The zero-order valence-corrected chi connectivity index (χ0v) is 18.6. The van der Waals surface area contributed by atoms with Crippen LogP contribution in [0.2, 0.25) is 0 Å². The van der Waals surface area contributed by atoms with Crippen LogP contribution in [0, 0.1) is 0 Å². The van der Waals surface area contributed by atoms with Crippen molar-refractivity contribution in [2.24, 2.45) is 0 Å². The predicted octanol–water partition coefficient (Wildman–Crippen LogP) is 2.82. The summed E-state index contributed by atoms with van der Waals surface area (Å²) in [6.45, 7) is 7.35. The van der Waals surface area contributed by atoms with Crippen molar-refractivity contribution in [1.29, 1.82) is 0 Å². The van der Waals surface area contributed by atoms with E-state index < -0.39 is 0 Å². The van der Waals surface area contributed by atoms with E-state index in [0.717, 1.165) is 80.8 Å². The number of fused-ring (bicyclic) bond motifs is 1. The largest absolute Gasteiger partial charge is 0.420 e. The summed E-state index contributed by atoms with van der Waals surface area (Å²) < 4.78 is 13.6. The number of carbonyl (C=O) groups excluding carboxylic acids is 1. The summed E-state index contributed by atoms with van der Waals surface area (Å²) in [7, 11) is 0. The molecule has 0 radical (unpaired) electrons. The van der Waals surface area contributed by atoms with Crippen LogP contribution in [0.3, 0.4) is 0 Å². The molecule has 0 bridgehead atoms. The predicted molar refractivity (Wildman–Crippen MR) is 118 cm³/mol. The van der Waals surface area contributed by atoms with Crippen LogP contribution < -0.4 is 5.32 Å². The highest BCUT2D eigenvalue weighted by molar-refractivity contribution is 5.96. The molecule has 3 aromatic rings. The number of anilines is 1. The molecule has 10 heteroatoms. The van der Waals surface area contributed by atoms with E-state index in [0.29, 0.717) is 17.8 Å². The van der Waals surface area contributed by atoms with E-state index in [1.54, 1.807) is 13.1 Å². The van der Waals surface area contributed by atoms with Gasteiger partial charge in [-0.2, -0.15) is 5.10 Å². The summed E-state index contributed by atoms with van der Waals surface area (Å²) in [6.07, 6.45) is 7.19. The number of rotatable bonds is 5. The minimum absolute atomic E-state index is 0.116. The van der Waals surface area contributed by atoms with Crippen molar-refractivity contribution in [3.05, 3.63) is 18.3 Å². The minimum Gasteiger partial charge on any atom is -0.420 e. The Hall–Kier alpha value is -3.01. The molecule has 0 atom stereocenters. The molecular weight excluding hydrogens is 410 g/mol. The Balaban J connectivity index is 1.46. The van der Waals surface area contributed by atoms with Gasteiger partial charge in [-0.1, -0.05) is 0 Å². The van der Waals surface area contributed by atoms with Gasteiger partial charge in [-0.15, -0.1) is 10.2 Å². The Bertz CT molecular complexity index is 1090. The van der Waals surface area contributed by atoms with E-state index in [9.17, 15) is 4.79 Å². The van der Waals surface area contributed by atoms with Gasteiger partial charge >= 0.3 is 0 Å². The van der Waals surface area contributed by atoms with Crippen molar-refractivity contribution in [3.8, 4) is 11.5 Å². The lowest BCUT2D eigenvalue weighted by Gasteiger charge is -2.29. The first-order valence-electron chi connectivity index (χ1n) is 11.4. The maximum absolute atomic E-state index is 11.6. The Labute approximate surface area is 186 Å². The van der Waals surface area contributed by atoms with Gasteiger partial charge in [0, 0.05) is 57.9 Å². The SMILES string of the molecule is CCn1ncc2c(NC3CCOCC3)c(-c3nnc(C4CCN(C(C)=O)CC4)o3)cnc21. The Morgan fingerprint density at radius 3 is 2.66 bits per heavy atom. The minimum atomic E-state index is 0.116. The molecule has 10 nitrogen and oxygen atoms in total. The van der Waals surface area contributed by atoms with E-state index in [2.05, 4.69) is 32.5 Å². The molecule has 5 rings (SSSR count). The maximum atomic E-state index is 11.6. The molecule has 0 aliphatic carbocycles. The number of pyridine rings is 1. The number of ether oxygens (including phenoxy) is 1. The number of nitrogens with one attached hydrogen (secondary N) is 1. The molecule has 0 saturated carbocycles. The molecule has 2 aliphatic rings. The lowest BCUT2D eigenvalue weighted by atomic mass is 9.97. The molecule has 1 amide bonds. The number of aromatic nitrogens is 5. The zero-order chi connectivity index (χ0) is 22.1. The summed E-state index contributed by atoms with van der Waals surface area (Å²) in [5.41, 5.74) is 2.56. The van der Waals surface area contributed by atoms with Gasteiger partial charge in [-0.25, -0.2) is 9.67 Å². The van der Waals surface area contributed by atoms with Crippen LogP contribution in [-0.2, 0) is 16.1 Å². The molecule has 5 heterocycles. The van der Waals surface area contributed by atoms with Gasteiger partial charge in [0.05, 0.1) is 22.8 Å². The van der Waals surface area contributed by atoms with Crippen molar-refractivity contribution in [3.63, 3.8) is 0 Å². The van der Waals surface area contributed by atoms with Crippen molar-refractivity contribution in [2.75, 3.05) is 31.6 Å². The second-order valence-electron chi connectivity index (χ2n) is 8.50. The van der Waals surface area contributed by atoms with Crippen LogP contribution in [-0.4, -0.2) is 68.1 Å². The van der Waals surface area contributed by atoms with Crippen molar-refractivity contribution < 1.29 is 13.9 Å². The Morgan fingerprint density at radius 1 is 1.16 bits per heavy atom. The van der Waals surface area contributed by atoms with Gasteiger partial charge in [0.2, 0.25) is 11.8 Å². The number of likely N-dealkylation sites (tertiary alicyclic amines) is 1. The number of amides is 1. The average molecular weight is 440 g/mol. The molecule has 1 N–H and O–H groups in total. The Kier molecular flexibility index (Phi) is 5.77. The summed E-state index contributed by atoms with van der Waals surface area (Å²) in [4.78, 5) is 18.1. The number of hydrogen-bond donors (Lipinski definition) is 1. The van der Waals surface area contributed by atoms with Crippen LogP contribution in [0.25, 0.3) is 22.5 Å². The van der Waals surface area contributed by atoms with E-state index in [1.807, 2.05) is 15.8 Å². The van der Waals surface area contributed by atoms with Crippen LogP contribution >= 0.6 is 0 Å². The molecule has 170 valence electrons. The van der Waals surface area contributed by atoms with E-state index in [4.69, 9.17) is 9.15 Å². The second-order valence-corrected chi connectivity index (χ2v) is 8.50. The summed E-state index contributed by atoms with van der Waals surface area (Å²) in [6, 6.07) is 0.302. The fourth-order valence-electron chi connectivity index (χ4n) is 4.57. The zero-order valence-electron chi connectivity index (χ0n) is 18.6. The third kappa shape index (κ3) is 3.94. The monoisotopic (exact) mass is 439 g/mol. The van der Waals surface area contributed by atoms with E-state index >= 15 is 0 Å². The third-order valence-corrected chi connectivity index (χ3v) is 6.50. The van der Waals surface area contributed by atoms with Crippen molar-refractivity contribution in [1.82, 2.24) is 29.9 Å². The molecular formula is C22H29N7O3. The number of piperidine rings is 1. The lowest BCUT2D eigenvalue weighted by Crippen LogP contribution is -2.36. The van der Waals surface area contributed by atoms with Gasteiger partial charge in [-0.05, 0) is 32.6 Å². The molecule has 2 aliphatic heterocycles. The number of aryl methyl sites for hydroxylation is 1. The van der Waals surface area contributed by atoms with Gasteiger partial charge in [0.25, 0.3) is 5.89 Å². The average Bonchev–Trinajstić information content (AvgIpc) is 3.47. The van der Waals surface area contributed by atoms with Gasteiger partial charge in [-0.3, -0.25) is 4.79 Å². The first-order valence-corrected chi connectivity index (χ1v) is 11.4. The number of hydrogen-bond acceptors (Lipinski definition) is 8. The van der Waals surface area contributed by atoms with Crippen LogP contribution in [0.1, 0.15) is 51.3 Å². The van der Waals surface area contributed by atoms with Crippen LogP contribution in [0.15, 0.2) is 16.8 Å². The second kappa shape index (κ2) is 8.85. The first-order chi connectivity index (χ1) is 15.6. The highest BCUT2D eigenvalue weighted by Gasteiger charge is 2.28. The molecule has 32 heavy (non-hydrogen) atoms. The normalized spacial score (nSPS) is 18.4. The van der Waals surface area contributed by atoms with Gasteiger partial charge in [0.15, 0.2) is 5.65 Å². The highest BCUT2D eigenvalue weighted by atomic mass is 16.5. The lowest BCUT2D eigenvalue weighted by molar-refractivity contribution is -0.129. The third-order valence-electron chi connectivity index (χ3n) is 6.50. The fourth-order valence-corrected chi connectivity index (χ4v) is 4.57. The molecule has 2 fully saturated rings. The summed E-state index contributed by atoms with van der Waals surface area (Å²) in [5.74, 6) is 1.37. The molecule has 0 aromatic carbocycles. The van der Waals surface area contributed by atoms with Crippen LogP contribution in [0.4, 0.5) is 5.69 Å². The smallest absolute Gasteiger partial charge is 0.251 e. The van der Waals surface area contributed by atoms with Crippen LogP contribution in [0.5, 0.6) is 0 Å². The maximum Gasteiger partial charge on any atom is 0.251 e. The molecule has 3 aromatic heterocycles. The number of nitrogens with zero attached hydrogens (tertiary/aromatic N) is 6. The first kappa shape index (κ1) is 20.9. The van der Waals surface area contributed by atoms with E-state index in [-0.39, 0.29) is 11.8 Å². The molecule has 0 unspecified atom stereocenters. The quantitative estimate of drug-likeness (QED) is 0.646. The topological polar surface area (TPSA) is 111 Å². The van der Waals surface area contributed by atoms with Gasteiger partial charge < -0.3 is 19.4 Å². The summed E-state index contributed by atoms with van der Waals surface area (Å²) >= 11 is 0. The fraction of sp³-hybridized carbons (Fsp3) is 0.591. The van der Waals surface area contributed by atoms with Gasteiger partial charge in [0.1, 0.15) is 0 Å². The van der Waals surface area contributed by atoms with Crippen molar-refractivity contribution in [2.45, 2.75) is 58.0 Å².